The van der Waals surface area contributed by atoms with Crippen molar-refractivity contribution in [3.05, 3.63) is 29.3 Å². The molecule has 0 bridgehead atoms. The van der Waals surface area contributed by atoms with E-state index in [1.165, 1.54) is 0 Å². The Morgan fingerprint density at radius 2 is 2.00 bits per heavy atom. The van der Waals surface area contributed by atoms with E-state index in [4.69, 9.17) is 5.26 Å². The minimum Gasteiger partial charge on any atom is -0.369 e. The third-order valence-electron chi connectivity index (χ3n) is 2.94. The van der Waals surface area contributed by atoms with Crippen LogP contribution in [0.1, 0.15) is 25.0 Å². The van der Waals surface area contributed by atoms with Crippen molar-refractivity contribution in [2.24, 2.45) is 5.41 Å². The van der Waals surface area contributed by atoms with Crippen LogP contribution in [0, 0.1) is 23.7 Å². The fraction of sp³-hybridized carbons (Fsp3) is 0.462. The van der Waals surface area contributed by atoms with E-state index in [1.54, 1.807) is 0 Å². The Labute approximate surface area is 91.1 Å². The average Bonchev–Trinajstić information content (AvgIpc) is 2.13. The molecule has 15 heavy (non-hydrogen) atoms. The van der Waals surface area contributed by atoms with E-state index in [0.29, 0.717) is 5.41 Å². The van der Waals surface area contributed by atoms with Gasteiger partial charge in [-0.05, 0) is 24.0 Å². The lowest BCUT2D eigenvalue weighted by atomic mass is 9.83. The molecule has 1 aliphatic heterocycles. The first-order valence-corrected chi connectivity index (χ1v) is 5.28. The van der Waals surface area contributed by atoms with Crippen LogP contribution in [0.25, 0.3) is 0 Å². The van der Waals surface area contributed by atoms with Crippen LogP contribution in [0.4, 0.5) is 5.69 Å². The molecule has 0 saturated carbocycles. The number of hydrogen-bond donors (Lipinski definition) is 0. The van der Waals surface area contributed by atoms with E-state index in [-0.39, 0.29) is 0 Å². The van der Waals surface area contributed by atoms with E-state index < -0.39 is 0 Å². The fourth-order valence-electron chi connectivity index (χ4n) is 2.22. The van der Waals surface area contributed by atoms with E-state index >= 15 is 0 Å². The molecule has 2 heteroatoms. The first kappa shape index (κ1) is 10.0. The second-order valence-corrected chi connectivity index (χ2v) is 5.10. The molecule has 0 aromatic heterocycles. The normalized spacial score (nSPS) is 18.1. The highest BCUT2D eigenvalue weighted by Gasteiger charge is 2.35. The summed E-state index contributed by atoms with van der Waals surface area (Å²) in [6.07, 6.45) is 0. The topological polar surface area (TPSA) is 27.0 Å². The number of nitrogens with zero attached hydrogens (tertiary/aromatic N) is 2. The van der Waals surface area contributed by atoms with Crippen LogP contribution in [0.2, 0.25) is 0 Å². The smallest absolute Gasteiger partial charge is 0.102 e. The molecule has 0 unspecified atom stereocenters. The summed E-state index contributed by atoms with van der Waals surface area (Å²) in [5.41, 5.74) is 3.39. The van der Waals surface area contributed by atoms with Gasteiger partial charge < -0.3 is 4.90 Å². The summed E-state index contributed by atoms with van der Waals surface area (Å²) in [7, 11) is 0. The third-order valence-corrected chi connectivity index (χ3v) is 2.94. The van der Waals surface area contributed by atoms with Crippen LogP contribution < -0.4 is 4.90 Å². The molecule has 1 saturated heterocycles. The van der Waals surface area contributed by atoms with Gasteiger partial charge in [0.15, 0.2) is 0 Å². The Balaban J connectivity index is 2.31. The van der Waals surface area contributed by atoms with E-state index in [1.807, 2.05) is 25.1 Å². The Morgan fingerprint density at radius 1 is 1.33 bits per heavy atom. The largest absolute Gasteiger partial charge is 0.369 e. The number of hydrogen-bond acceptors (Lipinski definition) is 2. The minimum absolute atomic E-state index is 0.399. The summed E-state index contributed by atoms with van der Waals surface area (Å²) in [5, 5.41) is 9.12. The first-order chi connectivity index (χ1) is 7.03. The van der Waals surface area contributed by atoms with Crippen molar-refractivity contribution in [1.29, 1.82) is 5.26 Å². The van der Waals surface area contributed by atoms with Crippen LogP contribution >= 0.6 is 0 Å². The Morgan fingerprint density at radius 3 is 2.53 bits per heavy atom. The summed E-state index contributed by atoms with van der Waals surface area (Å²) in [5.74, 6) is 0. The van der Waals surface area contributed by atoms with Gasteiger partial charge in [-0.3, -0.25) is 0 Å². The molecule has 0 radical (unpaired) electrons. The molecule has 0 N–H and O–H groups in total. The molecule has 0 aliphatic carbocycles. The molecule has 2 nitrogen and oxygen atoms in total. The molecule has 1 aromatic carbocycles. The second-order valence-electron chi connectivity index (χ2n) is 5.10. The quantitative estimate of drug-likeness (QED) is 0.697. The molecular formula is C13H16N2. The molecule has 0 amide bonds. The van der Waals surface area contributed by atoms with Gasteiger partial charge in [0.1, 0.15) is 6.07 Å². The average molecular weight is 200 g/mol. The number of nitriles is 1. The van der Waals surface area contributed by atoms with Gasteiger partial charge >= 0.3 is 0 Å². The van der Waals surface area contributed by atoms with Gasteiger partial charge in [0.05, 0.1) is 11.3 Å². The second kappa shape index (κ2) is 3.27. The molecule has 78 valence electrons. The highest BCUT2D eigenvalue weighted by molar-refractivity contribution is 5.63. The Bertz CT molecular complexity index is 419. The number of rotatable bonds is 1. The fourth-order valence-corrected chi connectivity index (χ4v) is 2.22. The number of aryl methyl sites for hydroxylation is 1. The van der Waals surface area contributed by atoms with Gasteiger partial charge in [-0.25, -0.2) is 0 Å². The van der Waals surface area contributed by atoms with Crippen molar-refractivity contribution in [2.75, 3.05) is 18.0 Å². The summed E-state index contributed by atoms with van der Waals surface area (Å²) >= 11 is 0. The molecule has 0 spiro atoms. The molecule has 1 aromatic rings. The predicted octanol–water partition coefficient (Wildman–Crippen LogP) is 2.71. The van der Waals surface area contributed by atoms with Gasteiger partial charge in [-0.15, -0.1) is 0 Å². The van der Waals surface area contributed by atoms with Crippen molar-refractivity contribution >= 4 is 5.69 Å². The Kier molecular flexibility index (Phi) is 2.19. The lowest BCUT2D eigenvalue weighted by Crippen LogP contribution is -2.53. The molecule has 1 heterocycles. The highest BCUT2D eigenvalue weighted by Crippen LogP contribution is 2.35. The van der Waals surface area contributed by atoms with Crippen LogP contribution in [0.5, 0.6) is 0 Å². The number of benzene rings is 1. The maximum Gasteiger partial charge on any atom is 0.102 e. The van der Waals surface area contributed by atoms with Crippen molar-refractivity contribution in [2.45, 2.75) is 20.8 Å². The zero-order valence-electron chi connectivity index (χ0n) is 9.54. The van der Waals surface area contributed by atoms with Crippen molar-refractivity contribution in [3.8, 4) is 6.07 Å². The van der Waals surface area contributed by atoms with E-state index in [0.717, 1.165) is 29.9 Å². The first-order valence-electron chi connectivity index (χ1n) is 5.28. The lowest BCUT2D eigenvalue weighted by Gasteiger charge is -2.47. The number of anilines is 1. The molecule has 1 aliphatic rings. The maximum absolute atomic E-state index is 9.12. The van der Waals surface area contributed by atoms with E-state index in [2.05, 4.69) is 24.8 Å². The van der Waals surface area contributed by atoms with Crippen LogP contribution in [0.3, 0.4) is 0 Å². The predicted molar refractivity (Wildman–Crippen MR) is 61.9 cm³/mol. The Hall–Kier alpha value is -1.49. The lowest BCUT2D eigenvalue weighted by molar-refractivity contribution is 0.276. The minimum atomic E-state index is 0.399. The summed E-state index contributed by atoms with van der Waals surface area (Å²) in [6, 6.07) is 8.36. The van der Waals surface area contributed by atoms with Crippen LogP contribution in [-0.4, -0.2) is 13.1 Å². The SMILES string of the molecule is Cc1cccc(N2CC(C)(C)C2)c1C#N. The van der Waals surface area contributed by atoms with E-state index in [9.17, 15) is 0 Å². The van der Waals surface area contributed by atoms with Gasteiger partial charge in [-0.1, -0.05) is 26.0 Å². The van der Waals surface area contributed by atoms with Gasteiger partial charge in [0, 0.05) is 13.1 Å². The summed E-state index contributed by atoms with van der Waals surface area (Å²) < 4.78 is 0. The van der Waals surface area contributed by atoms with Gasteiger partial charge in [0.25, 0.3) is 0 Å². The summed E-state index contributed by atoms with van der Waals surface area (Å²) in [6.45, 7) is 8.60. The molecule has 1 fully saturated rings. The van der Waals surface area contributed by atoms with Gasteiger partial charge in [-0.2, -0.15) is 5.26 Å². The molecule has 2 rings (SSSR count). The standard InChI is InChI=1S/C13H16N2/c1-10-5-4-6-12(11(10)7-14)15-8-13(2,3)9-15/h4-6H,8-9H2,1-3H3. The van der Waals surface area contributed by atoms with Crippen molar-refractivity contribution < 1.29 is 0 Å². The third kappa shape index (κ3) is 1.70. The monoisotopic (exact) mass is 200 g/mol. The summed E-state index contributed by atoms with van der Waals surface area (Å²) in [4.78, 5) is 2.28. The molecular weight excluding hydrogens is 184 g/mol. The van der Waals surface area contributed by atoms with Gasteiger partial charge in [0.2, 0.25) is 0 Å². The zero-order valence-corrected chi connectivity index (χ0v) is 9.54. The van der Waals surface area contributed by atoms with Crippen molar-refractivity contribution in [3.63, 3.8) is 0 Å². The van der Waals surface area contributed by atoms with Crippen LogP contribution in [0.15, 0.2) is 18.2 Å². The zero-order chi connectivity index (χ0) is 11.1. The van der Waals surface area contributed by atoms with Crippen LogP contribution in [-0.2, 0) is 0 Å². The molecule has 0 atom stereocenters. The highest BCUT2D eigenvalue weighted by atomic mass is 15.2. The maximum atomic E-state index is 9.12. The van der Waals surface area contributed by atoms with Crippen molar-refractivity contribution in [1.82, 2.24) is 0 Å².